The van der Waals surface area contributed by atoms with Gasteiger partial charge in [-0.3, -0.25) is 0 Å². The molecule has 38 heavy (non-hydrogen) atoms. The molecule has 0 saturated carbocycles. The molecule has 0 aliphatic rings. The Kier molecular flexibility index (Phi) is 8.57. The molecule has 10 heteroatoms. The van der Waals surface area contributed by atoms with Gasteiger partial charge in [0.1, 0.15) is 0 Å². The summed E-state index contributed by atoms with van der Waals surface area (Å²) >= 11 is 0. The Balaban J connectivity index is 1.57. The van der Waals surface area contributed by atoms with E-state index < -0.39 is 16.0 Å². The van der Waals surface area contributed by atoms with Gasteiger partial charge in [-0.25, -0.2) is 22.9 Å². The average molecular weight is 535 g/mol. The van der Waals surface area contributed by atoms with E-state index in [1.807, 2.05) is 54.6 Å². The number of nitrogens with one attached hydrogen (secondary N) is 3. The minimum atomic E-state index is -3.16. The quantitative estimate of drug-likeness (QED) is 0.131. The number of aliphatic imine (C=N–C) groups is 1. The molecular formula is C28H30N4O5S. The molecule has 0 atom stereocenters. The highest BCUT2D eigenvalue weighted by Crippen LogP contribution is 2.32. The monoisotopic (exact) mass is 534 g/mol. The first kappa shape index (κ1) is 27.1. The van der Waals surface area contributed by atoms with Crippen LogP contribution in [0.2, 0.25) is 0 Å². The molecule has 4 aromatic rings. The van der Waals surface area contributed by atoms with Gasteiger partial charge >= 0.3 is 5.97 Å². The molecule has 4 rings (SSSR count). The SMILES string of the molecule is COC(=O)c1ccc2c(C(=Nc3ccc(CNCCCNS(C)(=O)=O)cc3)c3ccccc3)c(O)[nH]c2c1. The van der Waals surface area contributed by atoms with E-state index in [4.69, 9.17) is 9.73 Å². The third-order valence-corrected chi connectivity index (χ3v) is 6.61. The molecule has 9 nitrogen and oxygen atoms in total. The smallest absolute Gasteiger partial charge is 0.337 e. The predicted octanol–water partition coefficient (Wildman–Crippen LogP) is 3.86. The van der Waals surface area contributed by atoms with E-state index in [2.05, 4.69) is 15.0 Å². The Morgan fingerprint density at radius 2 is 1.74 bits per heavy atom. The molecule has 0 unspecified atom stereocenters. The number of aromatic hydroxyl groups is 1. The maximum atomic E-state index is 12.0. The van der Waals surface area contributed by atoms with Crippen LogP contribution < -0.4 is 10.0 Å². The summed E-state index contributed by atoms with van der Waals surface area (Å²) in [6.45, 7) is 1.71. The molecule has 198 valence electrons. The minimum Gasteiger partial charge on any atom is -0.494 e. The van der Waals surface area contributed by atoms with E-state index >= 15 is 0 Å². The molecule has 0 aliphatic carbocycles. The van der Waals surface area contributed by atoms with Crippen molar-refractivity contribution in [2.75, 3.05) is 26.5 Å². The highest BCUT2D eigenvalue weighted by Gasteiger charge is 2.20. The van der Waals surface area contributed by atoms with Gasteiger partial charge in [0.2, 0.25) is 10.0 Å². The van der Waals surface area contributed by atoms with Gasteiger partial charge in [0.15, 0.2) is 5.88 Å². The molecule has 0 bridgehead atoms. The molecular weight excluding hydrogens is 504 g/mol. The number of benzene rings is 3. The molecule has 0 spiro atoms. The van der Waals surface area contributed by atoms with Crippen LogP contribution in [0.3, 0.4) is 0 Å². The number of fused-ring (bicyclic) bond motifs is 1. The largest absolute Gasteiger partial charge is 0.494 e. The number of carbonyl (C=O) groups excluding carboxylic acids is 1. The molecule has 1 aromatic heterocycles. The summed E-state index contributed by atoms with van der Waals surface area (Å²) in [5, 5.41) is 14.9. The molecule has 3 aromatic carbocycles. The van der Waals surface area contributed by atoms with Crippen LogP contribution >= 0.6 is 0 Å². The van der Waals surface area contributed by atoms with Crippen LogP contribution in [-0.2, 0) is 21.3 Å². The summed E-state index contributed by atoms with van der Waals surface area (Å²) in [5.74, 6) is -0.504. The van der Waals surface area contributed by atoms with Crippen molar-refractivity contribution in [2.45, 2.75) is 13.0 Å². The lowest BCUT2D eigenvalue weighted by atomic mass is 10.00. The second-order valence-electron chi connectivity index (χ2n) is 8.79. The second kappa shape index (κ2) is 12.0. The van der Waals surface area contributed by atoms with Gasteiger partial charge in [0, 0.05) is 29.6 Å². The molecule has 0 aliphatic heterocycles. The first-order chi connectivity index (χ1) is 18.2. The second-order valence-corrected chi connectivity index (χ2v) is 10.6. The third-order valence-electron chi connectivity index (χ3n) is 5.88. The molecule has 0 saturated heterocycles. The zero-order chi connectivity index (χ0) is 27.1. The predicted molar refractivity (Wildman–Crippen MR) is 149 cm³/mol. The van der Waals surface area contributed by atoms with Crippen molar-refractivity contribution in [1.29, 1.82) is 0 Å². The Bertz CT molecular complexity index is 1550. The van der Waals surface area contributed by atoms with Crippen molar-refractivity contribution < 1.29 is 23.1 Å². The van der Waals surface area contributed by atoms with Gasteiger partial charge in [-0.2, -0.15) is 0 Å². The van der Waals surface area contributed by atoms with Gasteiger partial charge < -0.3 is 20.1 Å². The Morgan fingerprint density at radius 1 is 1.00 bits per heavy atom. The van der Waals surface area contributed by atoms with Crippen LogP contribution in [0.1, 0.15) is 33.5 Å². The summed E-state index contributed by atoms with van der Waals surface area (Å²) in [6, 6.07) is 22.4. The molecule has 0 amide bonds. The van der Waals surface area contributed by atoms with Gasteiger partial charge in [-0.05, 0) is 42.8 Å². The highest BCUT2D eigenvalue weighted by atomic mass is 32.2. The number of ether oxygens (including phenoxy) is 1. The maximum Gasteiger partial charge on any atom is 0.337 e. The topological polar surface area (TPSA) is 133 Å². The van der Waals surface area contributed by atoms with Crippen LogP contribution in [0, 0.1) is 0 Å². The van der Waals surface area contributed by atoms with E-state index in [9.17, 15) is 18.3 Å². The Morgan fingerprint density at radius 3 is 2.42 bits per heavy atom. The number of methoxy groups -OCH3 is 1. The van der Waals surface area contributed by atoms with Crippen molar-refractivity contribution in [3.05, 3.63) is 95.1 Å². The summed E-state index contributed by atoms with van der Waals surface area (Å²) in [6.07, 6.45) is 1.83. The summed E-state index contributed by atoms with van der Waals surface area (Å²) < 4.78 is 29.5. The fourth-order valence-electron chi connectivity index (χ4n) is 4.05. The fourth-order valence-corrected chi connectivity index (χ4v) is 4.56. The number of aromatic nitrogens is 1. The third kappa shape index (κ3) is 6.86. The highest BCUT2D eigenvalue weighted by molar-refractivity contribution is 7.88. The first-order valence-electron chi connectivity index (χ1n) is 12.1. The number of sulfonamides is 1. The lowest BCUT2D eigenvalue weighted by molar-refractivity contribution is 0.0601. The van der Waals surface area contributed by atoms with E-state index in [-0.39, 0.29) is 5.88 Å². The van der Waals surface area contributed by atoms with Crippen LogP contribution in [0.15, 0.2) is 77.8 Å². The van der Waals surface area contributed by atoms with E-state index in [0.717, 1.165) is 22.8 Å². The van der Waals surface area contributed by atoms with Crippen LogP contribution in [0.4, 0.5) is 5.69 Å². The zero-order valence-corrected chi connectivity index (χ0v) is 22.0. The number of H-pyrrole nitrogens is 1. The van der Waals surface area contributed by atoms with Gasteiger partial charge in [0.05, 0.1) is 35.9 Å². The van der Waals surface area contributed by atoms with Gasteiger partial charge in [0.25, 0.3) is 0 Å². The fraction of sp³-hybridized carbons (Fsp3) is 0.214. The Labute approximate surface area is 221 Å². The van der Waals surface area contributed by atoms with Crippen molar-refractivity contribution in [3.63, 3.8) is 0 Å². The zero-order valence-electron chi connectivity index (χ0n) is 21.2. The lowest BCUT2D eigenvalue weighted by Gasteiger charge is -2.09. The minimum absolute atomic E-state index is 0.0456. The van der Waals surface area contributed by atoms with Crippen LogP contribution in [-0.4, -0.2) is 56.6 Å². The van der Waals surface area contributed by atoms with Crippen molar-refractivity contribution in [2.24, 2.45) is 4.99 Å². The number of hydrogen-bond acceptors (Lipinski definition) is 7. The number of rotatable bonds is 11. The molecule has 4 N–H and O–H groups in total. The summed E-state index contributed by atoms with van der Waals surface area (Å²) in [7, 11) is -1.84. The normalized spacial score (nSPS) is 12.1. The molecule has 1 heterocycles. The van der Waals surface area contributed by atoms with Crippen molar-refractivity contribution in [1.82, 2.24) is 15.0 Å². The number of carbonyl (C=O) groups is 1. The van der Waals surface area contributed by atoms with E-state index in [1.165, 1.54) is 7.11 Å². The average Bonchev–Trinajstić information content (AvgIpc) is 3.24. The number of hydrogen-bond donors (Lipinski definition) is 4. The lowest BCUT2D eigenvalue weighted by Crippen LogP contribution is -2.26. The molecule has 0 radical (unpaired) electrons. The summed E-state index contributed by atoms with van der Waals surface area (Å²) in [4.78, 5) is 19.8. The standard InChI is InChI=1S/C28H30N4O5S/c1-37-28(34)21-11-14-23-24(17-21)32-27(33)25(23)26(20-7-4-3-5-8-20)31-22-12-9-19(10-13-22)18-29-15-6-16-30-38(2,35)36/h3-5,7-14,17,29-30,32-33H,6,15-16,18H2,1-2H3. The number of aromatic amines is 1. The van der Waals surface area contributed by atoms with Crippen LogP contribution in [0.5, 0.6) is 5.88 Å². The van der Waals surface area contributed by atoms with Crippen LogP contribution in [0.25, 0.3) is 10.9 Å². The van der Waals surface area contributed by atoms with E-state index in [0.29, 0.717) is 54.1 Å². The van der Waals surface area contributed by atoms with Crippen molar-refractivity contribution in [3.8, 4) is 5.88 Å². The maximum absolute atomic E-state index is 12.0. The first-order valence-corrected chi connectivity index (χ1v) is 14.0. The number of nitrogens with zero attached hydrogens (tertiary/aromatic N) is 1. The van der Waals surface area contributed by atoms with Gasteiger partial charge in [-0.1, -0.05) is 48.5 Å². The Hall–Kier alpha value is -3.99. The number of esters is 1. The van der Waals surface area contributed by atoms with E-state index in [1.54, 1.807) is 18.2 Å². The van der Waals surface area contributed by atoms with Crippen molar-refractivity contribution >= 4 is 38.3 Å². The van der Waals surface area contributed by atoms with Gasteiger partial charge in [-0.15, -0.1) is 0 Å². The summed E-state index contributed by atoms with van der Waals surface area (Å²) in [5.41, 5.74) is 4.70. The molecule has 0 fully saturated rings.